The molecular formula is C19H25N. The Morgan fingerprint density at radius 3 is 1.85 bits per heavy atom. The van der Waals surface area contributed by atoms with Gasteiger partial charge in [-0.15, -0.1) is 0 Å². The molecule has 1 nitrogen and oxygen atoms in total. The number of hydrogen-bond donors (Lipinski definition) is 1. The minimum Gasteiger partial charge on any atom is -0.355 e. The number of benzene rings is 2. The highest BCUT2D eigenvalue weighted by atomic mass is 14.9. The normalized spacial score (nSPS) is 11.5. The van der Waals surface area contributed by atoms with E-state index in [1.807, 2.05) is 0 Å². The molecule has 0 aliphatic heterocycles. The summed E-state index contributed by atoms with van der Waals surface area (Å²) in [6.07, 6.45) is 0. The Labute approximate surface area is 123 Å². The minimum atomic E-state index is 0.203. The molecular weight excluding hydrogens is 242 g/mol. The molecule has 2 aromatic carbocycles. The molecule has 0 saturated heterocycles. The van der Waals surface area contributed by atoms with Crippen LogP contribution in [0.4, 0.5) is 11.4 Å². The van der Waals surface area contributed by atoms with Crippen molar-refractivity contribution in [3.05, 3.63) is 58.7 Å². The number of aryl methyl sites for hydroxylation is 3. The lowest BCUT2D eigenvalue weighted by Gasteiger charge is -2.19. The van der Waals surface area contributed by atoms with Gasteiger partial charge in [-0.1, -0.05) is 39.0 Å². The van der Waals surface area contributed by atoms with Crippen molar-refractivity contribution in [3.63, 3.8) is 0 Å². The average Bonchev–Trinajstić information content (AvgIpc) is 2.35. The van der Waals surface area contributed by atoms with E-state index in [0.29, 0.717) is 0 Å². The van der Waals surface area contributed by atoms with Crippen LogP contribution in [0.25, 0.3) is 0 Å². The summed E-state index contributed by atoms with van der Waals surface area (Å²) in [4.78, 5) is 0. The maximum absolute atomic E-state index is 3.52. The van der Waals surface area contributed by atoms with Crippen LogP contribution in [-0.4, -0.2) is 0 Å². The van der Waals surface area contributed by atoms with Crippen LogP contribution in [0.1, 0.15) is 43.0 Å². The molecule has 0 spiro atoms. The van der Waals surface area contributed by atoms with Gasteiger partial charge in [0.15, 0.2) is 0 Å². The number of hydrogen-bond acceptors (Lipinski definition) is 1. The second kappa shape index (κ2) is 5.32. The molecule has 0 aliphatic rings. The molecule has 0 heterocycles. The molecule has 0 atom stereocenters. The molecule has 106 valence electrons. The largest absolute Gasteiger partial charge is 0.355 e. The van der Waals surface area contributed by atoms with E-state index >= 15 is 0 Å². The lowest BCUT2D eigenvalue weighted by molar-refractivity contribution is 0.590. The quantitative estimate of drug-likeness (QED) is 0.741. The Bertz CT molecular complexity index is 601. The van der Waals surface area contributed by atoms with E-state index in [9.17, 15) is 0 Å². The van der Waals surface area contributed by atoms with Crippen LogP contribution >= 0.6 is 0 Å². The van der Waals surface area contributed by atoms with Crippen LogP contribution in [-0.2, 0) is 5.41 Å². The van der Waals surface area contributed by atoms with Gasteiger partial charge in [0.2, 0.25) is 0 Å². The van der Waals surface area contributed by atoms with Gasteiger partial charge in [-0.2, -0.15) is 0 Å². The van der Waals surface area contributed by atoms with Gasteiger partial charge in [-0.3, -0.25) is 0 Å². The summed E-state index contributed by atoms with van der Waals surface area (Å²) in [5.41, 5.74) is 7.85. The van der Waals surface area contributed by atoms with Gasteiger partial charge < -0.3 is 5.32 Å². The van der Waals surface area contributed by atoms with E-state index < -0.39 is 0 Å². The van der Waals surface area contributed by atoms with Crippen LogP contribution in [0.2, 0.25) is 0 Å². The van der Waals surface area contributed by atoms with Crippen molar-refractivity contribution >= 4 is 11.4 Å². The zero-order valence-electron chi connectivity index (χ0n) is 13.5. The molecule has 2 rings (SSSR count). The molecule has 0 amide bonds. The predicted octanol–water partition coefficient (Wildman–Crippen LogP) is 5.65. The van der Waals surface area contributed by atoms with Crippen molar-refractivity contribution in [1.82, 2.24) is 0 Å². The fourth-order valence-corrected chi connectivity index (χ4v) is 2.30. The first kappa shape index (κ1) is 14.6. The monoisotopic (exact) mass is 267 g/mol. The number of rotatable bonds is 2. The van der Waals surface area contributed by atoms with Crippen molar-refractivity contribution in [1.29, 1.82) is 0 Å². The van der Waals surface area contributed by atoms with Gasteiger partial charge in [0, 0.05) is 11.4 Å². The number of anilines is 2. The summed E-state index contributed by atoms with van der Waals surface area (Å²) >= 11 is 0. The van der Waals surface area contributed by atoms with Crippen LogP contribution in [0.15, 0.2) is 36.4 Å². The topological polar surface area (TPSA) is 12.0 Å². The third-order valence-corrected chi connectivity index (χ3v) is 3.87. The van der Waals surface area contributed by atoms with Crippen molar-refractivity contribution in [3.8, 4) is 0 Å². The van der Waals surface area contributed by atoms with E-state index in [1.54, 1.807) is 0 Å². The third-order valence-electron chi connectivity index (χ3n) is 3.87. The van der Waals surface area contributed by atoms with Crippen molar-refractivity contribution < 1.29 is 0 Å². The van der Waals surface area contributed by atoms with Crippen LogP contribution < -0.4 is 5.32 Å². The predicted molar refractivity (Wildman–Crippen MR) is 89.1 cm³/mol. The van der Waals surface area contributed by atoms with Gasteiger partial charge in [0.25, 0.3) is 0 Å². The molecule has 0 aliphatic carbocycles. The molecule has 1 N–H and O–H groups in total. The summed E-state index contributed by atoms with van der Waals surface area (Å²) in [6.45, 7) is 13.2. The molecule has 0 aromatic heterocycles. The smallest absolute Gasteiger partial charge is 0.0416 e. The zero-order valence-corrected chi connectivity index (χ0v) is 13.5. The van der Waals surface area contributed by atoms with E-state index in [4.69, 9.17) is 0 Å². The van der Waals surface area contributed by atoms with Gasteiger partial charge in [0.1, 0.15) is 0 Å². The second-order valence-corrected chi connectivity index (χ2v) is 6.70. The summed E-state index contributed by atoms with van der Waals surface area (Å²) in [7, 11) is 0. The Morgan fingerprint density at radius 1 is 0.750 bits per heavy atom. The molecule has 0 bridgehead atoms. The first-order valence-corrected chi connectivity index (χ1v) is 7.23. The van der Waals surface area contributed by atoms with Gasteiger partial charge in [-0.05, 0) is 66.6 Å². The van der Waals surface area contributed by atoms with Crippen molar-refractivity contribution in [2.75, 3.05) is 5.32 Å². The molecule has 0 saturated carbocycles. The zero-order chi connectivity index (χ0) is 14.9. The molecule has 0 unspecified atom stereocenters. The van der Waals surface area contributed by atoms with E-state index in [-0.39, 0.29) is 5.41 Å². The van der Waals surface area contributed by atoms with Gasteiger partial charge >= 0.3 is 0 Å². The Morgan fingerprint density at radius 2 is 1.30 bits per heavy atom. The second-order valence-electron chi connectivity index (χ2n) is 6.70. The Balaban J connectivity index is 2.25. The SMILES string of the molecule is Cc1cc(C)c(Nc2ccc(C(C)(C)C)cc2)cc1C. The van der Waals surface area contributed by atoms with Crippen molar-refractivity contribution in [2.24, 2.45) is 0 Å². The van der Waals surface area contributed by atoms with Crippen LogP contribution in [0.5, 0.6) is 0 Å². The van der Waals surface area contributed by atoms with Crippen LogP contribution in [0, 0.1) is 20.8 Å². The summed E-state index contributed by atoms with van der Waals surface area (Å²) in [5.74, 6) is 0. The fraction of sp³-hybridized carbons (Fsp3) is 0.368. The highest BCUT2D eigenvalue weighted by Gasteiger charge is 2.12. The van der Waals surface area contributed by atoms with Crippen LogP contribution in [0.3, 0.4) is 0 Å². The highest BCUT2D eigenvalue weighted by Crippen LogP contribution is 2.27. The number of nitrogens with one attached hydrogen (secondary N) is 1. The average molecular weight is 267 g/mol. The standard InChI is InChI=1S/C19H25N/c1-13-11-15(3)18(12-14(13)2)20-17-9-7-16(8-10-17)19(4,5)6/h7-12,20H,1-6H3. The summed E-state index contributed by atoms with van der Waals surface area (Å²) in [5, 5.41) is 3.52. The third kappa shape index (κ3) is 3.22. The molecule has 20 heavy (non-hydrogen) atoms. The molecule has 1 heteroatoms. The fourth-order valence-electron chi connectivity index (χ4n) is 2.30. The van der Waals surface area contributed by atoms with Crippen molar-refractivity contribution in [2.45, 2.75) is 47.0 Å². The summed E-state index contributed by atoms with van der Waals surface area (Å²) in [6, 6.07) is 13.2. The lowest BCUT2D eigenvalue weighted by Crippen LogP contribution is -2.10. The van der Waals surface area contributed by atoms with E-state index in [2.05, 4.69) is 83.3 Å². The Hall–Kier alpha value is -1.76. The minimum absolute atomic E-state index is 0.203. The van der Waals surface area contributed by atoms with E-state index in [0.717, 1.165) is 5.69 Å². The molecule has 2 aromatic rings. The Kier molecular flexibility index (Phi) is 3.89. The molecule has 0 fully saturated rings. The highest BCUT2D eigenvalue weighted by molar-refractivity contribution is 5.65. The van der Waals surface area contributed by atoms with Gasteiger partial charge in [-0.25, -0.2) is 0 Å². The first-order valence-electron chi connectivity index (χ1n) is 7.23. The van der Waals surface area contributed by atoms with Gasteiger partial charge in [0.05, 0.1) is 0 Å². The summed E-state index contributed by atoms with van der Waals surface area (Å²) < 4.78 is 0. The van der Waals surface area contributed by atoms with E-state index in [1.165, 1.54) is 27.9 Å². The molecule has 0 radical (unpaired) electrons. The maximum atomic E-state index is 3.52. The maximum Gasteiger partial charge on any atom is 0.0416 e. The first-order chi connectivity index (χ1) is 9.27. The lowest BCUT2D eigenvalue weighted by atomic mass is 9.87.